The Labute approximate surface area is 125 Å². The molecule has 0 spiro atoms. The summed E-state index contributed by atoms with van der Waals surface area (Å²) in [4.78, 5) is 12.4. The zero-order valence-electron chi connectivity index (χ0n) is 12.0. The third-order valence-corrected chi connectivity index (χ3v) is 4.27. The van der Waals surface area contributed by atoms with Crippen LogP contribution in [0.3, 0.4) is 0 Å². The topological polar surface area (TPSA) is 55.1 Å². The van der Waals surface area contributed by atoms with Crippen LogP contribution in [0.5, 0.6) is 0 Å². The molecule has 2 atom stereocenters. The minimum Gasteiger partial charge on any atom is -0.398 e. The smallest absolute Gasteiger partial charge is 0.253 e. The molecule has 3 nitrogen and oxygen atoms in total. The maximum absolute atomic E-state index is 12.4. The molecule has 0 bridgehead atoms. The fourth-order valence-corrected chi connectivity index (χ4v) is 3.18. The van der Waals surface area contributed by atoms with Gasteiger partial charge in [-0.15, -0.1) is 0 Å². The van der Waals surface area contributed by atoms with Crippen LogP contribution < -0.4 is 11.1 Å². The van der Waals surface area contributed by atoms with E-state index in [2.05, 4.69) is 29.6 Å². The molecule has 3 heteroatoms. The van der Waals surface area contributed by atoms with Crippen LogP contribution in [0.15, 0.2) is 54.6 Å². The molecule has 2 aromatic rings. The van der Waals surface area contributed by atoms with Crippen molar-refractivity contribution in [1.82, 2.24) is 5.32 Å². The first-order valence-electron chi connectivity index (χ1n) is 7.46. The van der Waals surface area contributed by atoms with E-state index in [0.717, 1.165) is 19.3 Å². The summed E-state index contributed by atoms with van der Waals surface area (Å²) in [6.45, 7) is 0. The number of hydrogen-bond donors (Lipinski definition) is 2. The molecule has 1 amide bonds. The molecule has 0 radical (unpaired) electrons. The van der Waals surface area contributed by atoms with Crippen LogP contribution in [-0.4, -0.2) is 11.9 Å². The first-order chi connectivity index (χ1) is 10.3. The fraction of sp³-hybridized carbons (Fsp3) is 0.278. The summed E-state index contributed by atoms with van der Waals surface area (Å²) in [6, 6.07) is 17.8. The summed E-state index contributed by atoms with van der Waals surface area (Å²) in [5.74, 6) is 0.334. The molecule has 1 aliphatic rings. The van der Waals surface area contributed by atoms with Gasteiger partial charge in [-0.2, -0.15) is 0 Å². The zero-order valence-corrected chi connectivity index (χ0v) is 12.0. The highest BCUT2D eigenvalue weighted by molar-refractivity contribution is 5.99. The number of nitrogens with two attached hydrogens (primary N) is 1. The van der Waals surface area contributed by atoms with Crippen LogP contribution in [0.4, 0.5) is 5.69 Å². The van der Waals surface area contributed by atoms with Crippen molar-refractivity contribution in [1.29, 1.82) is 0 Å². The van der Waals surface area contributed by atoms with Crippen molar-refractivity contribution >= 4 is 11.6 Å². The van der Waals surface area contributed by atoms with Crippen LogP contribution >= 0.6 is 0 Å². The molecule has 2 aromatic carbocycles. The minimum absolute atomic E-state index is 0.0686. The summed E-state index contributed by atoms with van der Waals surface area (Å²) < 4.78 is 0. The third kappa shape index (κ3) is 2.92. The number of para-hydroxylation sites is 1. The van der Waals surface area contributed by atoms with Crippen molar-refractivity contribution in [3.63, 3.8) is 0 Å². The molecule has 1 saturated carbocycles. The van der Waals surface area contributed by atoms with Crippen molar-refractivity contribution in [3.8, 4) is 0 Å². The van der Waals surface area contributed by atoms with E-state index >= 15 is 0 Å². The van der Waals surface area contributed by atoms with Crippen LogP contribution in [-0.2, 0) is 0 Å². The Bertz CT molecular complexity index is 624. The average Bonchev–Trinajstić information content (AvgIpc) is 2.96. The number of carbonyl (C=O) groups excluding carboxylic acids is 1. The highest BCUT2D eigenvalue weighted by Gasteiger charge is 2.30. The Hall–Kier alpha value is -2.29. The molecule has 1 fully saturated rings. The van der Waals surface area contributed by atoms with Gasteiger partial charge < -0.3 is 11.1 Å². The van der Waals surface area contributed by atoms with E-state index < -0.39 is 0 Å². The Morgan fingerprint density at radius 3 is 2.48 bits per heavy atom. The molecule has 0 saturated heterocycles. The van der Waals surface area contributed by atoms with Crippen molar-refractivity contribution in [2.24, 2.45) is 0 Å². The average molecular weight is 280 g/mol. The van der Waals surface area contributed by atoms with Crippen molar-refractivity contribution in [2.45, 2.75) is 31.2 Å². The van der Waals surface area contributed by atoms with Crippen molar-refractivity contribution in [2.75, 3.05) is 5.73 Å². The van der Waals surface area contributed by atoms with E-state index in [9.17, 15) is 4.79 Å². The number of amides is 1. The van der Waals surface area contributed by atoms with Crippen LogP contribution in [0.1, 0.15) is 41.1 Å². The summed E-state index contributed by atoms with van der Waals surface area (Å²) in [5.41, 5.74) is 8.29. The van der Waals surface area contributed by atoms with Gasteiger partial charge in [0.15, 0.2) is 0 Å². The SMILES string of the molecule is Nc1ccccc1C(=O)NC1CCCC1c1ccccc1. The molecule has 3 N–H and O–H groups in total. The summed E-state index contributed by atoms with van der Waals surface area (Å²) in [6.07, 6.45) is 3.30. The highest BCUT2D eigenvalue weighted by Crippen LogP contribution is 2.34. The van der Waals surface area contributed by atoms with Gasteiger partial charge in [-0.25, -0.2) is 0 Å². The maximum atomic E-state index is 12.4. The van der Waals surface area contributed by atoms with Crippen LogP contribution in [0, 0.1) is 0 Å². The minimum atomic E-state index is -0.0686. The number of carbonyl (C=O) groups is 1. The predicted molar refractivity (Wildman–Crippen MR) is 85.1 cm³/mol. The van der Waals surface area contributed by atoms with Crippen molar-refractivity contribution < 1.29 is 4.79 Å². The summed E-state index contributed by atoms with van der Waals surface area (Å²) in [5, 5.41) is 3.17. The first-order valence-corrected chi connectivity index (χ1v) is 7.46. The number of anilines is 1. The second kappa shape index (κ2) is 6.00. The molecule has 0 aliphatic heterocycles. The van der Waals surface area contributed by atoms with Crippen LogP contribution in [0.2, 0.25) is 0 Å². The summed E-state index contributed by atoms with van der Waals surface area (Å²) >= 11 is 0. The lowest BCUT2D eigenvalue weighted by Crippen LogP contribution is -2.36. The highest BCUT2D eigenvalue weighted by atomic mass is 16.1. The molecule has 0 aromatic heterocycles. The van der Waals surface area contributed by atoms with E-state index in [1.54, 1.807) is 12.1 Å². The molecule has 3 rings (SSSR count). The number of rotatable bonds is 3. The van der Waals surface area contributed by atoms with E-state index in [4.69, 9.17) is 5.73 Å². The lowest BCUT2D eigenvalue weighted by atomic mass is 9.94. The summed E-state index contributed by atoms with van der Waals surface area (Å²) in [7, 11) is 0. The van der Waals surface area contributed by atoms with Gasteiger partial charge in [0.1, 0.15) is 0 Å². The number of nitrogen functional groups attached to an aromatic ring is 1. The normalized spacial score (nSPS) is 21.1. The van der Waals surface area contributed by atoms with E-state index in [0.29, 0.717) is 17.2 Å². The second-order valence-electron chi connectivity index (χ2n) is 5.62. The number of nitrogens with one attached hydrogen (secondary N) is 1. The zero-order chi connectivity index (χ0) is 14.7. The Morgan fingerprint density at radius 2 is 1.71 bits per heavy atom. The van der Waals surface area contributed by atoms with Gasteiger partial charge in [0.05, 0.1) is 5.56 Å². The molecular formula is C18H20N2O. The molecule has 1 aliphatic carbocycles. The molecule has 2 unspecified atom stereocenters. The predicted octanol–water partition coefficient (Wildman–Crippen LogP) is 3.33. The van der Waals surface area contributed by atoms with Gasteiger partial charge in [-0.3, -0.25) is 4.79 Å². The van der Waals surface area contributed by atoms with E-state index in [1.807, 2.05) is 18.2 Å². The molecule has 21 heavy (non-hydrogen) atoms. The van der Waals surface area contributed by atoms with Gasteiger partial charge in [-0.05, 0) is 30.5 Å². The third-order valence-electron chi connectivity index (χ3n) is 4.27. The fourth-order valence-electron chi connectivity index (χ4n) is 3.18. The Morgan fingerprint density at radius 1 is 1.00 bits per heavy atom. The van der Waals surface area contributed by atoms with Gasteiger partial charge in [-0.1, -0.05) is 48.9 Å². The molecular weight excluding hydrogens is 260 g/mol. The van der Waals surface area contributed by atoms with Gasteiger partial charge >= 0.3 is 0 Å². The molecule has 0 heterocycles. The van der Waals surface area contributed by atoms with E-state index in [1.165, 1.54) is 5.56 Å². The lowest BCUT2D eigenvalue weighted by Gasteiger charge is -2.21. The Kier molecular flexibility index (Phi) is 3.91. The Balaban J connectivity index is 1.75. The molecule has 108 valence electrons. The number of hydrogen-bond acceptors (Lipinski definition) is 2. The maximum Gasteiger partial charge on any atom is 0.253 e. The van der Waals surface area contributed by atoms with Crippen LogP contribution in [0.25, 0.3) is 0 Å². The van der Waals surface area contributed by atoms with Gasteiger partial charge in [0.25, 0.3) is 5.91 Å². The first kappa shape index (κ1) is 13.7. The monoisotopic (exact) mass is 280 g/mol. The van der Waals surface area contributed by atoms with Crippen molar-refractivity contribution in [3.05, 3.63) is 65.7 Å². The van der Waals surface area contributed by atoms with Gasteiger partial charge in [0.2, 0.25) is 0 Å². The second-order valence-corrected chi connectivity index (χ2v) is 5.62. The van der Waals surface area contributed by atoms with Gasteiger partial charge in [0, 0.05) is 17.6 Å². The largest absolute Gasteiger partial charge is 0.398 e. The quantitative estimate of drug-likeness (QED) is 0.847. The standard InChI is InChI=1S/C18H20N2O/c19-16-11-5-4-9-15(16)18(21)20-17-12-6-10-14(17)13-7-2-1-3-8-13/h1-5,7-9,11,14,17H,6,10,12,19H2,(H,20,21). The lowest BCUT2D eigenvalue weighted by molar-refractivity contribution is 0.0935. The number of benzene rings is 2. The van der Waals surface area contributed by atoms with E-state index in [-0.39, 0.29) is 11.9 Å².